The zero-order valence-electron chi connectivity index (χ0n) is 12.7. The van der Waals surface area contributed by atoms with E-state index >= 15 is 0 Å². The van der Waals surface area contributed by atoms with Crippen molar-refractivity contribution in [3.63, 3.8) is 0 Å². The fourth-order valence-electron chi connectivity index (χ4n) is 1.76. The maximum Gasteiger partial charge on any atom is 0.167 e. The Morgan fingerprint density at radius 1 is 1.32 bits per heavy atom. The molecular weight excluding hydrogens is 241 g/mol. The van der Waals surface area contributed by atoms with Crippen LogP contribution in [0.2, 0.25) is 0 Å². The molecule has 0 radical (unpaired) electrons. The summed E-state index contributed by atoms with van der Waals surface area (Å²) in [6, 6.07) is 5.25. The first-order valence-corrected chi connectivity index (χ1v) is 6.90. The molecule has 108 valence electrons. The van der Waals surface area contributed by atoms with Gasteiger partial charge in [0.2, 0.25) is 0 Å². The molecule has 0 aliphatic rings. The topological polar surface area (TPSA) is 21.3 Å². The molecule has 0 saturated heterocycles. The Kier molecular flexibility index (Phi) is 5.80. The van der Waals surface area contributed by atoms with Crippen molar-refractivity contribution < 1.29 is 9.13 Å². The van der Waals surface area contributed by atoms with Crippen LogP contribution in [0.4, 0.5) is 4.39 Å². The summed E-state index contributed by atoms with van der Waals surface area (Å²) >= 11 is 0. The minimum absolute atomic E-state index is 0.0227. The Balaban J connectivity index is 2.48. The number of nitrogens with one attached hydrogen (secondary N) is 1. The van der Waals surface area contributed by atoms with E-state index in [0.717, 1.165) is 13.1 Å². The van der Waals surface area contributed by atoms with Crippen molar-refractivity contribution in [2.24, 2.45) is 11.3 Å². The highest BCUT2D eigenvalue weighted by molar-refractivity contribution is 5.30. The first-order valence-electron chi connectivity index (χ1n) is 6.90. The quantitative estimate of drug-likeness (QED) is 0.811. The van der Waals surface area contributed by atoms with Crippen molar-refractivity contribution >= 4 is 0 Å². The molecule has 1 rings (SSSR count). The lowest BCUT2D eigenvalue weighted by molar-refractivity contribution is 0.169. The van der Waals surface area contributed by atoms with Gasteiger partial charge < -0.3 is 10.1 Å². The summed E-state index contributed by atoms with van der Waals surface area (Å²) in [5.41, 5.74) is 0.596. The lowest BCUT2D eigenvalue weighted by Crippen LogP contribution is -2.36. The maximum atomic E-state index is 13.8. The SMILES string of the molecule is Cc1cccc(OCC(C)(C)CNCC(C)C)c1F. The smallest absolute Gasteiger partial charge is 0.167 e. The Morgan fingerprint density at radius 3 is 2.63 bits per heavy atom. The van der Waals surface area contributed by atoms with E-state index in [9.17, 15) is 4.39 Å². The molecule has 0 aromatic heterocycles. The minimum Gasteiger partial charge on any atom is -0.490 e. The van der Waals surface area contributed by atoms with Crippen LogP contribution in [0.1, 0.15) is 33.3 Å². The summed E-state index contributed by atoms with van der Waals surface area (Å²) in [6.45, 7) is 12.7. The van der Waals surface area contributed by atoms with Gasteiger partial charge in [0.05, 0.1) is 6.61 Å². The Hall–Kier alpha value is -1.09. The van der Waals surface area contributed by atoms with Crippen molar-refractivity contribution in [2.75, 3.05) is 19.7 Å². The van der Waals surface area contributed by atoms with Gasteiger partial charge >= 0.3 is 0 Å². The second-order valence-electron chi connectivity index (χ2n) is 6.36. The maximum absolute atomic E-state index is 13.8. The first-order chi connectivity index (χ1) is 8.82. The third kappa shape index (κ3) is 5.60. The molecule has 0 heterocycles. The predicted octanol–water partition coefficient (Wildman–Crippen LogP) is 3.78. The van der Waals surface area contributed by atoms with Crippen LogP contribution in [0.5, 0.6) is 5.75 Å². The second kappa shape index (κ2) is 6.90. The number of hydrogen-bond acceptors (Lipinski definition) is 2. The lowest BCUT2D eigenvalue weighted by atomic mass is 9.94. The molecule has 1 N–H and O–H groups in total. The molecule has 19 heavy (non-hydrogen) atoms. The van der Waals surface area contributed by atoms with E-state index in [2.05, 4.69) is 33.0 Å². The molecule has 0 fully saturated rings. The summed E-state index contributed by atoms with van der Waals surface area (Å²) in [7, 11) is 0. The van der Waals surface area contributed by atoms with Crippen molar-refractivity contribution in [1.82, 2.24) is 5.32 Å². The average Bonchev–Trinajstić information content (AvgIpc) is 2.30. The van der Waals surface area contributed by atoms with Gasteiger partial charge in [-0.25, -0.2) is 4.39 Å². The predicted molar refractivity (Wildman–Crippen MR) is 78.1 cm³/mol. The van der Waals surface area contributed by atoms with Crippen LogP contribution in [-0.2, 0) is 0 Å². The molecule has 0 aliphatic carbocycles. The number of ether oxygens (including phenoxy) is 1. The molecule has 1 aromatic carbocycles. The van der Waals surface area contributed by atoms with Crippen molar-refractivity contribution in [1.29, 1.82) is 0 Å². The normalized spacial score (nSPS) is 11.9. The molecule has 0 bridgehead atoms. The van der Waals surface area contributed by atoms with E-state index in [1.54, 1.807) is 19.1 Å². The molecular formula is C16H26FNO. The highest BCUT2D eigenvalue weighted by Crippen LogP contribution is 2.22. The fraction of sp³-hybridized carbons (Fsp3) is 0.625. The summed E-state index contributed by atoms with van der Waals surface area (Å²) in [5.74, 6) is 0.719. The van der Waals surface area contributed by atoms with Gasteiger partial charge in [-0.15, -0.1) is 0 Å². The van der Waals surface area contributed by atoms with Crippen LogP contribution in [0.3, 0.4) is 0 Å². The number of aryl methyl sites for hydroxylation is 1. The first kappa shape index (κ1) is 16.0. The minimum atomic E-state index is -0.256. The van der Waals surface area contributed by atoms with Gasteiger partial charge in [0.1, 0.15) is 0 Å². The Bertz CT molecular complexity index is 402. The van der Waals surface area contributed by atoms with E-state index in [-0.39, 0.29) is 11.2 Å². The van der Waals surface area contributed by atoms with E-state index in [1.807, 2.05) is 6.07 Å². The van der Waals surface area contributed by atoms with Crippen molar-refractivity contribution in [2.45, 2.75) is 34.6 Å². The molecule has 3 heteroatoms. The van der Waals surface area contributed by atoms with Crippen LogP contribution >= 0.6 is 0 Å². The third-order valence-electron chi connectivity index (χ3n) is 2.93. The molecule has 0 spiro atoms. The number of benzene rings is 1. The van der Waals surface area contributed by atoms with Gasteiger partial charge in [-0.05, 0) is 31.0 Å². The zero-order chi connectivity index (χ0) is 14.5. The monoisotopic (exact) mass is 267 g/mol. The number of rotatable bonds is 7. The summed E-state index contributed by atoms with van der Waals surface area (Å²) in [5, 5.41) is 3.41. The molecule has 0 amide bonds. The average molecular weight is 267 g/mol. The molecule has 2 nitrogen and oxygen atoms in total. The van der Waals surface area contributed by atoms with Crippen LogP contribution in [0.25, 0.3) is 0 Å². The van der Waals surface area contributed by atoms with Crippen molar-refractivity contribution in [3.05, 3.63) is 29.6 Å². The zero-order valence-corrected chi connectivity index (χ0v) is 12.7. The van der Waals surface area contributed by atoms with Crippen molar-refractivity contribution in [3.8, 4) is 5.75 Å². The third-order valence-corrected chi connectivity index (χ3v) is 2.93. The highest BCUT2D eigenvalue weighted by Gasteiger charge is 2.19. The molecule has 0 aliphatic heterocycles. The summed E-state index contributed by atoms with van der Waals surface area (Å²) < 4.78 is 19.4. The van der Waals surface area contributed by atoms with Gasteiger partial charge in [-0.3, -0.25) is 0 Å². The number of hydrogen-bond donors (Lipinski definition) is 1. The Labute approximate surface area is 116 Å². The largest absolute Gasteiger partial charge is 0.490 e. The van der Waals surface area contributed by atoms with Crippen LogP contribution in [-0.4, -0.2) is 19.7 Å². The number of halogens is 1. The summed E-state index contributed by atoms with van der Waals surface area (Å²) in [4.78, 5) is 0. The Morgan fingerprint density at radius 2 is 2.00 bits per heavy atom. The van der Waals surface area contributed by atoms with E-state index in [4.69, 9.17) is 4.74 Å². The fourth-order valence-corrected chi connectivity index (χ4v) is 1.76. The second-order valence-corrected chi connectivity index (χ2v) is 6.36. The van der Waals surface area contributed by atoms with E-state index in [0.29, 0.717) is 23.8 Å². The van der Waals surface area contributed by atoms with Crippen LogP contribution in [0, 0.1) is 24.1 Å². The van der Waals surface area contributed by atoms with Gasteiger partial charge in [0.15, 0.2) is 11.6 Å². The van der Waals surface area contributed by atoms with Crippen LogP contribution in [0.15, 0.2) is 18.2 Å². The van der Waals surface area contributed by atoms with E-state index in [1.165, 1.54) is 0 Å². The molecule has 1 aromatic rings. The lowest BCUT2D eigenvalue weighted by Gasteiger charge is -2.26. The van der Waals surface area contributed by atoms with Gasteiger partial charge in [0, 0.05) is 12.0 Å². The van der Waals surface area contributed by atoms with Crippen LogP contribution < -0.4 is 10.1 Å². The molecule has 0 atom stereocenters. The summed E-state index contributed by atoms with van der Waals surface area (Å²) in [6.07, 6.45) is 0. The van der Waals surface area contributed by atoms with Gasteiger partial charge in [-0.1, -0.05) is 39.8 Å². The highest BCUT2D eigenvalue weighted by atomic mass is 19.1. The molecule has 0 unspecified atom stereocenters. The molecule has 0 saturated carbocycles. The van der Waals surface area contributed by atoms with E-state index < -0.39 is 0 Å². The van der Waals surface area contributed by atoms with Gasteiger partial charge in [-0.2, -0.15) is 0 Å². The standard InChI is InChI=1S/C16H26FNO/c1-12(2)9-18-10-16(4,5)11-19-14-8-6-7-13(3)15(14)17/h6-8,12,18H,9-11H2,1-5H3. The van der Waals surface area contributed by atoms with Gasteiger partial charge in [0.25, 0.3) is 0 Å².